The Morgan fingerprint density at radius 3 is 2.35 bits per heavy atom. The molecule has 0 spiro atoms. The van der Waals surface area contributed by atoms with Gasteiger partial charge in [0.05, 0.1) is 6.54 Å². The SMILES string of the molecule is CC1CC(C)CN(C(=O)NC[C@H](O)C(=O)O)C1. The molecule has 2 amide bonds. The smallest absolute Gasteiger partial charge is 0.334 e. The normalized spacial score (nSPS) is 26.4. The number of aliphatic hydroxyl groups excluding tert-OH is 1. The molecule has 2 unspecified atom stereocenters. The number of aliphatic carboxylic acids is 1. The van der Waals surface area contributed by atoms with Crippen LogP contribution in [0.1, 0.15) is 20.3 Å². The van der Waals surface area contributed by atoms with Crippen molar-refractivity contribution in [1.82, 2.24) is 10.2 Å². The van der Waals surface area contributed by atoms with E-state index in [4.69, 9.17) is 10.2 Å². The molecule has 1 rings (SSSR count). The van der Waals surface area contributed by atoms with E-state index in [9.17, 15) is 9.59 Å². The van der Waals surface area contributed by atoms with Gasteiger partial charge in [-0.2, -0.15) is 0 Å². The minimum atomic E-state index is -1.54. The van der Waals surface area contributed by atoms with Gasteiger partial charge < -0.3 is 20.4 Å². The van der Waals surface area contributed by atoms with E-state index in [1.165, 1.54) is 0 Å². The van der Waals surface area contributed by atoms with Gasteiger partial charge in [0, 0.05) is 13.1 Å². The van der Waals surface area contributed by atoms with E-state index in [1.54, 1.807) is 4.90 Å². The zero-order valence-corrected chi connectivity index (χ0v) is 10.2. The number of rotatable bonds is 3. The molecule has 1 fully saturated rings. The first-order chi connectivity index (χ1) is 7.90. The maximum absolute atomic E-state index is 11.7. The van der Waals surface area contributed by atoms with Gasteiger partial charge in [0.2, 0.25) is 0 Å². The van der Waals surface area contributed by atoms with E-state index in [0.717, 1.165) is 6.42 Å². The molecular weight excluding hydrogens is 224 g/mol. The molecule has 6 nitrogen and oxygen atoms in total. The molecule has 0 radical (unpaired) electrons. The van der Waals surface area contributed by atoms with Crippen LogP contribution in [0.3, 0.4) is 0 Å². The van der Waals surface area contributed by atoms with Crippen LogP contribution in [-0.4, -0.2) is 52.9 Å². The van der Waals surface area contributed by atoms with Crippen LogP contribution in [0.2, 0.25) is 0 Å². The maximum atomic E-state index is 11.7. The molecule has 0 aromatic heterocycles. The first-order valence-electron chi connectivity index (χ1n) is 5.83. The maximum Gasteiger partial charge on any atom is 0.334 e. The Kier molecular flexibility index (Phi) is 4.74. The highest BCUT2D eigenvalue weighted by molar-refractivity contribution is 5.76. The third-order valence-corrected chi connectivity index (χ3v) is 2.89. The zero-order valence-electron chi connectivity index (χ0n) is 10.2. The van der Waals surface area contributed by atoms with E-state index < -0.39 is 12.1 Å². The van der Waals surface area contributed by atoms with Gasteiger partial charge in [0.1, 0.15) is 0 Å². The molecule has 0 aromatic carbocycles. The summed E-state index contributed by atoms with van der Waals surface area (Å²) in [6.45, 7) is 5.27. The fourth-order valence-corrected chi connectivity index (χ4v) is 2.21. The van der Waals surface area contributed by atoms with E-state index in [-0.39, 0.29) is 12.6 Å². The van der Waals surface area contributed by atoms with Crippen molar-refractivity contribution in [3.63, 3.8) is 0 Å². The van der Waals surface area contributed by atoms with Gasteiger partial charge in [-0.15, -0.1) is 0 Å². The number of aliphatic hydroxyl groups is 1. The molecule has 0 bridgehead atoms. The minimum Gasteiger partial charge on any atom is -0.479 e. The number of carboxylic acids is 1. The van der Waals surface area contributed by atoms with Crippen LogP contribution in [-0.2, 0) is 4.79 Å². The summed E-state index contributed by atoms with van der Waals surface area (Å²) in [6, 6.07) is -0.302. The highest BCUT2D eigenvalue weighted by Crippen LogP contribution is 2.20. The van der Waals surface area contributed by atoms with Crippen LogP contribution < -0.4 is 5.32 Å². The predicted molar refractivity (Wildman–Crippen MR) is 61.6 cm³/mol. The topological polar surface area (TPSA) is 89.9 Å². The van der Waals surface area contributed by atoms with Crippen molar-refractivity contribution in [2.75, 3.05) is 19.6 Å². The summed E-state index contributed by atoms with van der Waals surface area (Å²) >= 11 is 0. The number of carboxylic acid groups (broad SMARTS) is 1. The van der Waals surface area contributed by atoms with Crippen molar-refractivity contribution in [2.24, 2.45) is 11.8 Å². The third-order valence-electron chi connectivity index (χ3n) is 2.89. The Morgan fingerprint density at radius 1 is 1.35 bits per heavy atom. The molecule has 6 heteroatoms. The molecule has 1 saturated heterocycles. The Hall–Kier alpha value is -1.30. The number of hydrogen-bond acceptors (Lipinski definition) is 3. The van der Waals surface area contributed by atoms with Crippen molar-refractivity contribution in [2.45, 2.75) is 26.4 Å². The molecule has 0 saturated carbocycles. The van der Waals surface area contributed by atoms with Gasteiger partial charge in [-0.05, 0) is 18.3 Å². The van der Waals surface area contributed by atoms with E-state index in [2.05, 4.69) is 19.2 Å². The number of amides is 2. The lowest BCUT2D eigenvalue weighted by Gasteiger charge is -2.35. The van der Waals surface area contributed by atoms with Crippen molar-refractivity contribution in [3.8, 4) is 0 Å². The summed E-state index contributed by atoms with van der Waals surface area (Å²) in [4.78, 5) is 23.8. The van der Waals surface area contributed by atoms with Crippen LogP contribution in [0, 0.1) is 11.8 Å². The van der Waals surface area contributed by atoms with Crippen molar-refractivity contribution < 1.29 is 19.8 Å². The predicted octanol–water partition coefficient (Wildman–Crippen LogP) is 0.119. The Morgan fingerprint density at radius 2 is 1.88 bits per heavy atom. The summed E-state index contributed by atoms with van der Waals surface area (Å²) in [6.07, 6.45) is -0.444. The molecule has 0 aliphatic carbocycles. The lowest BCUT2D eigenvalue weighted by molar-refractivity contribution is -0.146. The second kappa shape index (κ2) is 5.86. The van der Waals surface area contributed by atoms with E-state index >= 15 is 0 Å². The number of hydrogen-bond donors (Lipinski definition) is 3. The largest absolute Gasteiger partial charge is 0.479 e. The van der Waals surface area contributed by atoms with Gasteiger partial charge in [-0.3, -0.25) is 0 Å². The first kappa shape index (κ1) is 13.8. The molecule has 17 heavy (non-hydrogen) atoms. The number of nitrogens with zero attached hydrogens (tertiary/aromatic N) is 1. The second-order valence-electron chi connectivity index (χ2n) is 4.89. The lowest BCUT2D eigenvalue weighted by atomic mass is 9.92. The number of carbonyl (C=O) groups is 2. The molecule has 0 aromatic rings. The van der Waals surface area contributed by atoms with Crippen molar-refractivity contribution >= 4 is 12.0 Å². The van der Waals surface area contributed by atoms with Crippen LogP contribution >= 0.6 is 0 Å². The number of urea groups is 1. The van der Waals surface area contributed by atoms with Gasteiger partial charge in [-0.25, -0.2) is 9.59 Å². The Balaban J connectivity index is 2.39. The first-order valence-corrected chi connectivity index (χ1v) is 5.83. The van der Waals surface area contributed by atoms with Crippen LogP contribution in [0.25, 0.3) is 0 Å². The van der Waals surface area contributed by atoms with E-state index in [0.29, 0.717) is 24.9 Å². The lowest BCUT2D eigenvalue weighted by Crippen LogP contribution is -2.49. The van der Waals surface area contributed by atoms with Crippen molar-refractivity contribution in [3.05, 3.63) is 0 Å². The Bertz CT molecular complexity index is 285. The molecule has 1 heterocycles. The van der Waals surface area contributed by atoms with Gasteiger partial charge in [-0.1, -0.05) is 13.8 Å². The molecule has 98 valence electrons. The zero-order chi connectivity index (χ0) is 13.0. The summed E-state index contributed by atoms with van der Waals surface area (Å²) in [5.41, 5.74) is 0. The summed E-state index contributed by atoms with van der Waals surface area (Å²) < 4.78 is 0. The highest BCUT2D eigenvalue weighted by Gasteiger charge is 2.25. The molecule has 3 atom stereocenters. The monoisotopic (exact) mass is 244 g/mol. The number of carbonyl (C=O) groups excluding carboxylic acids is 1. The molecular formula is C11H20N2O4. The summed E-state index contributed by atoms with van der Waals surface area (Å²) in [5, 5.41) is 20.0. The fraction of sp³-hybridized carbons (Fsp3) is 0.818. The highest BCUT2D eigenvalue weighted by atomic mass is 16.4. The summed E-state index contributed by atoms with van der Waals surface area (Å²) in [7, 11) is 0. The van der Waals surface area contributed by atoms with Gasteiger partial charge in [0.25, 0.3) is 0 Å². The number of piperidine rings is 1. The standard InChI is InChI=1S/C11H20N2O4/c1-7-3-8(2)6-13(5-7)11(17)12-4-9(14)10(15)16/h7-9,14H,3-6H2,1-2H3,(H,12,17)(H,15,16)/t7?,8?,9-/m0/s1. The van der Waals surface area contributed by atoms with Crippen LogP contribution in [0.5, 0.6) is 0 Å². The van der Waals surface area contributed by atoms with E-state index in [1.807, 2.05) is 0 Å². The fourth-order valence-electron chi connectivity index (χ4n) is 2.21. The average Bonchev–Trinajstić information content (AvgIpc) is 2.23. The van der Waals surface area contributed by atoms with Gasteiger partial charge in [0.15, 0.2) is 6.10 Å². The second-order valence-corrected chi connectivity index (χ2v) is 4.89. The summed E-state index contributed by atoms with van der Waals surface area (Å²) in [5.74, 6) is -0.423. The molecule has 3 N–H and O–H groups in total. The molecule has 1 aliphatic rings. The van der Waals surface area contributed by atoms with Crippen LogP contribution in [0.4, 0.5) is 4.79 Å². The number of nitrogens with one attached hydrogen (secondary N) is 1. The van der Waals surface area contributed by atoms with Crippen LogP contribution in [0.15, 0.2) is 0 Å². The Labute approximate surface area is 101 Å². The quantitative estimate of drug-likeness (QED) is 0.657. The minimum absolute atomic E-state index is 0.257. The number of likely N-dealkylation sites (tertiary alicyclic amines) is 1. The third kappa shape index (κ3) is 4.22. The average molecular weight is 244 g/mol. The van der Waals surface area contributed by atoms with Gasteiger partial charge >= 0.3 is 12.0 Å². The molecule has 1 aliphatic heterocycles. The van der Waals surface area contributed by atoms with Crippen molar-refractivity contribution in [1.29, 1.82) is 0 Å².